The van der Waals surface area contributed by atoms with Crippen molar-refractivity contribution in [1.82, 2.24) is 10.3 Å². The Morgan fingerprint density at radius 1 is 1.41 bits per heavy atom. The van der Waals surface area contributed by atoms with Crippen LogP contribution >= 0.6 is 11.3 Å². The zero-order valence-corrected chi connectivity index (χ0v) is 11.5. The summed E-state index contributed by atoms with van der Waals surface area (Å²) < 4.78 is 26.0. The van der Waals surface area contributed by atoms with E-state index in [1.165, 1.54) is 16.2 Å². The largest absolute Gasteiger partial charge is 0.316 e. The van der Waals surface area contributed by atoms with Gasteiger partial charge in [-0.15, -0.1) is 11.3 Å². The van der Waals surface area contributed by atoms with Crippen molar-refractivity contribution in [2.75, 3.05) is 23.6 Å². The quantitative estimate of drug-likeness (QED) is 0.759. The number of aromatic nitrogens is 1. The molecule has 7 heteroatoms. The van der Waals surface area contributed by atoms with Crippen molar-refractivity contribution in [3.8, 4) is 0 Å². The first-order chi connectivity index (χ1) is 8.11. The number of hydrogen-bond donors (Lipinski definition) is 2. The van der Waals surface area contributed by atoms with E-state index < -0.39 is 10.0 Å². The summed E-state index contributed by atoms with van der Waals surface area (Å²) in [7, 11) is -3.26. The molecule has 0 radical (unpaired) electrons. The number of nitrogens with zero attached hydrogens (tertiary/aromatic N) is 1. The van der Waals surface area contributed by atoms with E-state index in [-0.39, 0.29) is 5.75 Å². The van der Waals surface area contributed by atoms with Gasteiger partial charge < -0.3 is 5.32 Å². The van der Waals surface area contributed by atoms with Gasteiger partial charge in [0.2, 0.25) is 10.0 Å². The molecule has 96 valence electrons. The van der Waals surface area contributed by atoms with Gasteiger partial charge in [-0.25, -0.2) is 13.4 Å². The molecule has 1 heterocycles. The van der Waals surface area contributed by atoms with E-state index >= 15 is 0 Å². The van der Waals surface area contributed by atoms with Gasteiger partial charge in [0.15, 0.2) is 5.13 Å². The molecule has 0 amide bonds. The van der Waals surface area contributed by atoms with E-state index in [0.29, 0.717) is 11.7 Å². The van der Waals surface area contributed by atoms with Crippen molar-refractivity contribution < 1.29 is 8.42 Å². The Kier molecular flexibility index (Phi) is 4.01. The third-order valence-corrected chi connectivity index (χ3v) is 5.08. The minimum Gasteiger partial charge on any atom is -0.316 e. The molecule has 1 aliphatic rings. The molecule has 5 nitrogen and oxygen atoms in total. The average molecular weight is 275 g/mol. The summed E-state index contributed by atoms with van der Waals surface area (Å²) in [6.07, 6.45) is 3.15. The highest BCUT2D eigenvalue weighted by molar-refractivity contribution is 7.92. The Balaban J connectivity index is 1.95. The second kappa shape index (κ2) is 5.32. The number of fused-ring (bicyclic) bond motifs is 1. The Morgan fingerprint density at radius 2 is 2.24 bits per heavy atom. The highest BCUT2D eigenvalue weighted by atomic mass is 32.2. The Bertz CT molecular complexity index is 460. The summed E-state index contributed by atoms with van der Waals surface area (Å²) in [6, 6.07) is 0. The van der Waals surface area contributed by atoms with Crippen LogP contribution in [0, 0.1) is 0 Å². The molecule has 0 atom stereocenters. The Hall–Kier alpha value is -0.660. The monoisotopic (exact) mass is 275 g/mol. The van der Waals surface area contributed by atoms with Crippen LogP contribution in [0.3, 0.4) is 0 Å². The molecule has 0 unspecified atom stereocenters. The molecule has 2 rings (SSSR count). The number of nitrogens with one attached hydrogen (secondary N) is 2. The molecular weight excluding hydrogens is 258 g/mol. The fraction of sp³-hybridized carbons (Fsp3) is 0.700. The molecular formula is C10H17N3O2S2. The predicted molar refractivity (Wildman–Crippen MR) is 70.1 cm³/mol. The second-order valence-electron chi connectivity index (χ2n) is 4.02. The zero-order valence-electron chi connectivity index (χ0n) is 9.82. The molecule has 1 aromatic heterocycles. The Labute approximate surface area is 106 Å². The summed E-state index contributed by atoms with van der Waals surface area (Å²) >= 11 is 1.47. The van der Waals surface area contributed by atoms with Crippen LogP contribution in [0.25, 0.3) is 0 Å². The van der Waals surface area contributed by atoms with Gasteiger partial charge in [-0.05, 0) is 25.8 Å². The zero-order chi connectivity index (χ0) is 12.3. The lowest BCUT2D eigenvalue weighted by Gasteiger charge is -2.05. The van der Waals surface area contributed by atoms with Gasteiger partial charge in [-0.3, -0.25) is 4.72 Å². The average Bonchev–Trinajstić information content (AvgIpc) is 2.77. The minimum atomic E-state index is -3.26. The number of rotatable bonds is 6. The smallest absolute Gasteiger partial charge is 0.235 e. The van der Waals surface area contributed by atoms with Gasteiger partial charge in [0.25, 0.3) is 0 Å². The predicted octanol–water partition coefficient (Wildman–Crippen LogP) is 0.983. The summed E-state index contributed by atoms with van der Waals surface area (Å²) in [5.74, 6) is 0.0884. The van der Waals surface area contributed by atoms with Crippen LogP contribution in [0.4, 0.5) is 5.13 Å². The number of thiazole rings is 1. The maximum Gasteiger partial charge on any atom is 0.235 e. The molecule has 1 aromatic rings. The summed E-state index contributed by atoms with van der Waals surface area (Å²) in [6.45, 7) is 3.20. The highest BCUT2D eigenvalue weighted by Crippen LogP contribution is 2.30. The molecule has 0 aromatic carbocycles. The van der Waals surface area contributed by atoms with Crippen molar-refractivity contribution >= 4 is 26.5 Å². The van der Waals surface area contributed by atoms with Crippen LogP contribution in [0.2, 0.25) is 0 Å². The minimum absolute atomic E-state index is 0.0884. The van der Waals surface area contributed by atoms with Gasteiger partial charge >= 0.3 is 0 Å². The van der Waals surface area contributed by atoms with Crippen LogP contribution < -0.4 is 10.0 Å². The molecule has 1 aliphatic carbocycles. The molecule has 2 N–H and O–H groups in total. The number of aryl methyl sites for hydroxylation is 2. The Morgan fingerprint density at radius 3 is 2.94 bits per heavy atom. The van der Waals surface area contributed by atoms with E-state index in [9.17, 15) is 8.42 Å². The fourth-order valence-corrected chi connectivity index (χ4v) is 4.08. The third-order valence-electron chi connectivity index (χ3n) is 2.64. The van der Waals surface area contributed by atoms with Crippen LogP contribution in [-0.4, -0.2) is 32.2 Å². The van der Waals surface area contributed by atoms with E-state index in [4.69, 9.17) is 0 Å². The molecule has 0 saturated carbocycles. The van der Waals surface area contributed by atoms with Crippen LogP contribution in [0.1, 0.15) is 23.9 Å². The molecule has 0 saturated heterocycles. The van der Waals surface area contributed by atoms with Gasteiger partial charge in [0, 0.05) is 11.4 Å². The first-order valence-electron chi connectivity index (χ1n) is 5.80. The number of anilines is 1. The van der Waals surface area contributed by atoms with Crippen LogP contribution in [0.5, 0.6) is 0 Å². The first-order valence-corrected chi connectivity index (χ1v) is 8.27. The topological polar surface area (TPSA) is 71.1 Å². The maximum atomic E-state index is 11.7. The lowest BCUT2D eigenvalue weighted by Crippen LogP contribution is -2.26. The molecule has 17 heavy (non-hydrogen) atoms. The molecule has 0 bridgehead atoms. The number of sulfonamides is 1. The maximum absolute atomic E-state index is 11.7. The van der Waals surface area contributed by atoms with Crippen molar-refractivity contribution in [1.29, 1.82) is 0 Å². The lowest BCUT2D eigenvalue weighted by molar-refractivity contribution is 0.597. The molecule has 0 aliphatic heterocycles. The fourth-order valence-electron chi connectivity index (χ4n) is 1.80. The summed E-state index contributed by atoms with van der Waals surface area (Å²) in [5.41, 5.74) is 1.07. The molecule has 0 fully saturated rings. The van der Waals surface area contributed by atoms with Crippen LogP contribution in [-0.2, 0) is 22.9 Å². The first kappa shape index (κ1) is 12.8. The van der Waals surface area contributed by atoms with Crippen LogP contribution in [0.15, 0.2) is 0 Å². The van der Waals surface area contributed by atoms with E-state index in [0.717, 1.165) is 31.5 Å². The van der Waals surface area contributed by atoms with Gasteiger partial charge in [-0.2, -0.15) is 0 Å². The SMILES string of the molecule is CCNCCS(=O)(=O)Nc1nc2c(s1)CCC2. The van der Waals surface area contributed by atoms with Gasteiger partial charge in [-0.1, -0.05) is 6.92 Å². The standard InChI is InChI=1S/C10H17N3O2S2/c1-2-11-6-7-17(14,15)13-10-12-8-4-3-5-9(8)16-10/h11H,2-7H2,1H3,(H,12,13). The van der Waals surface area contributed by atoms with E-state index in [1.54, 1.807) is 0 Å². The highest BCUT2D eigenvalue weighted by Gasteiger charge is 2.19. The normalized spacial score (nSPS) is 14.9. The van der Waals surface area contributed by atoms with Crippen molar-refractivity contribution in [3.05, 3.63) is 10.6 Å². The van der Waals surface area contributed by atoms with E-state index in [1.807, 2.05) is 6.92 Å². The van der Waals surface area contributed by atoms with Crippen molar-refractivity contribution in [2.45, 2.75) is 26.2 Å². The lowest BCUT2D eigenvalue weighted by atomic mass is 10.4. The third kappa shape index (κ3) is 3.40. The summed E-state index contributed by atoms with van der Waals surface area (Å²) in [4.78, 5) is 5.54. The molecule has 0 spiro atoms. The van der Waals surface area contributed by atoms with Crippen molar-refractivity contribution in [2.24, 2.45) is 0 Å². The summed E-state index contributed by atoms with van der Waals surface area (Å²) in [5, 5.41) is 3.51. The second-order valence-corrected chi connectivity index (χ2v) is 6.94. The van der Waals surface area contributed by atoms with Crippen molar-refractivity contribution in [3.63, 3.8) is 0 Å². The van der Waals surface area contributed by atoms with E-state index in [2.05, 4.69) is 15.0 Å². The number of hydrogen-bond acceptors (Lipinski definition) is 5. The van der Waals surface area contributed by atoms with Gasteiger partial charge in [0.05, 0.1) is 11.4 Å². The van der Waals surface area contributed by atoms with Gasteiger partial charge in [0.1, 0.15) is 0 Å².